The molecule has 2 aromatic heterocycles. The number of fused-ring (bicyclic) bond motifs is 1. The van der Waals surface area contributed by atoms with Gasteiger partial charge in [0, 0.05) is 30.4 Å². The molecule has 2 atom stereocenters. The van der Waals surface area contributed by atoms with Crippen molar-refractivity contribution in [2.45, 2.75) is 45.1 Å². The molecule has 192 valence electrons. The molecule has 2 heterocycles. The van der Waals surface area contributed by atoms with Crippen LogP contribution in [0.25, 0.3) is 22.4 Å². The molecule has 1 aliphatic rings. The number of nitrogens with zero attached hydrogens (tertiary/aromatic N) is 2. The molecule has 1 aromatic carbocycles. The zero-order valence-electron chi connectivity index (χ0n) is 20.6. The van der Waals surface area contributed by atoms with Gasteiger partial charge in [-0.15, -0.1) is 4.52 Å². The molecule has 0 bridgehead atoms. The van der Waals surface area contributed by atoms with Gasteiger partial charge < -0.3 is 14.3 Å². The topological polar surface area (TPSA) is 125 Å². The first-order valence-corrected chi connectivity index (χ1v) is 14.6. The minimum absolute atomic E-state index is 0.108. The van der Waals surface area contributed by atoms with E-state index in [1.807, 2.05) is 37.3 Å². The largest absolute Gasteiger partial charge is 0.760 e. The van der Waals surface area contributed by atoms with E-state index >= 15 is 0 Å². The fraction of sp³-hybridized carbons (Fsp3) is 0.440. The van der Waals surface area contributed by atoms with Gasteiger partial charge in [0.15, 0.2) is 6.66 Å². The Morgan fingerprint density at radius 1 is 1.31 bits per heavy atom. The van der Waals surface area contributed by atoms with Crippen LogP contribution in [0.1, 0.15) is 58.8 Å². The number of nitrogens with one attached hydrogen (secondary N) is 1. The molecule has 11 heteroatoms. The van der Waals surface area contributed by atoms with Crippen molar-refractivity contribution in [3.8, 4) is 11.3 Å². The third-order valence-electron chi connectivity index (χ3n) is 6.19. The molecule has 1 amide bonds. The Hall–Kier alpha value is -2.49. The average molecular weight is 532 g/mol. The van der Waals surface area contributed by atoms with Crippen LogP contribution in [0.5, 0.6) is 0 Å². The molecule has 1 fully saturated rings. The standard InChI is InChI=1S/C25H30N3O6PS/c1-16-6-8-18(9-7-16)23-22(24(29)26-2)20-14-19(17-10-11-17)21(27-25(20)34-23)15-28(36(31)32)12-4-5-13-33-35(3)30/h6-9,14,17H,4-5,10-13,15H2,1-3H3,(H-,26,29,31,32). The fourth-order valence-electron chi connectivity index (χ4n) is 4.16. The second-order valence-corrected chi connectivity index (χ2v) is 11.1. The smallest absolute Gasteiger partial charge is 0.504 e. The minimum Gasteiger partial charge on any atom is -0.760 e. The first kappa shape index (κ1) is 26.6. The second kappa shape index (κ2) is 11.7. The molecule has 0 spiro atoms. The van der Waals surface area contributed by atoms with Gasteiger partial charge in [-0.1, -0.05) is 29.8 Å². The first-order valence-electron chi connectivity index (χ1n) is 11.9. The Morgan fingerprint density at radius 3 is 2.64 bits per heavy atom. The Kier molecular flexibility index (Phi) is 8.64. The zero-order valence-corrected chi connectivity index (χ0v) is 22.3. The molecule has 1 saturated carbocycles. The van der Waals surface area contributed by atoms with Crippen molar-refractivity contribution in [3.63, 3.8) is 0 Å². The van der Waals surface area contributed by atoms with Crippen LogP contribution in [0, 0.1) is 6.92 Å². The van der Waals surface area contributed by atoms with E-state index in [9.17, 15) is 18.1 Å². The van der Waals surface area contributed by atoms with Gasteiger partial charge in [0.2, 0.25) is 5.71 Å². The first-order chi connectivity index (χ1) is 17.3. The number of rotatable bonds is 12. The summed E-state index contributed by atoms with van der Waals surface area (Å²) in [6.07, 6.45) is 3.14. The zero-order chi connectivity index (χ0) is 25.8. The summed E-state index contributed by atoms with van der Waals surface area (Å²) in [5, 5.41) is 3.32. The highest BCUT2D eigenvalue weighted by molar-refractivity contribution is 7.76. The SMILES string of the molecule is CNC(=O)c1c(-c2ccc(C)cc2)oc2nc(CN(CCCCO[P+](C)=O)S(=O)[O-])c(C3CC3)cc12. The lowest BCUT2D eigenvalue weighted by atomic mass is 10.0. The number of furan rings is 1. The maximum Gasteiger partial charge on any atom is 0.504 e. The van der Waals surface area contributed by atoms with E-state index in [1.165, 1.54) is 11.0 Å². The molecule has 0 saturated heterocycles. The summed E-state index contributed by atoms with van der Waals surface area (Å²) < 4.78 is 47.6. The quantitative estimate of drug-likeness (QED) is 0.202. The van der Waals surface area contributed by atoms with Gasteiger partial charge in [-0.05, 0) is 54.7 Å². The molecule has 0 radical (unpaired) electrons. The molecule has 2 unspecified atom stereocenters. The number of amides is 1. The Balaban J connectivity index is 1.68. The highest BCUT2D eigenvalue weighted by Gasteiger charge is 2.31. The van der Waals surface area contributed by atoms with Crippen molar-refractivity contribution in [2.75, 3.05) is 26.9 Å². The number of aromatic nitrogens is 1. The summed E-state index contributed by atoms with van der Waals surface area (Å²) in [6.45, 7) is 4.20. The molecular formula is C25H30N3O6PS. The maximum atomic E-state index is 12.9. The van der Waals surface area contributed by atoms with Crippen LogP contribution in [0.4, 0.5) is 0 Å². The van der Waals surface area contributed by atoms with Crippen LogP contribution >= 0.6 is 8.03 Å². The van der Waals surface area contributed by atoms with Crippen LogP contribution < -0.4 is 5.32 Å². The van der Waals surface area contributed by atoms with E-state index in [0.717, 1.165) is 29.5 Å². The van der Waals surface area contributed by atoms with E-state index in [0.29, 0.717) is 54.1 Å². The second-order valence-electron chi connectivity index (χ2n) is 8.96. The van der Waals surface area contributed by atoms with Crippen molar-refractivity contribution in [1.29, 1.82) is 0 Å². The van der Waals surface area contributed by atoms with Crippen LogP contribution in [0.15, 0.2) is 34.7 Å². The third-order valence-corrected chi connectivity index (χ3v) is 7.47. The number of hydrogen-bond acceptors (Lipinski definition) is 7. The summed E-state index contributed by atoms with van der Waals surface area (Å²) in [5.41, 5.74) is 4.18. The molecular weight excluding hydrogens is 501 g/mol. The number of pyridine rings is 1. The third kappa shape index (κ3) is 6.25. The Bertz CT molecular complexity index is 1290. The van der Waals surface area contributed by atoms with E-state index in [4.69, 9.17) is 13.9 Å². The van der Waals surface area contributed by atoms with E-state index < -0.39 is 19.3 Å². The number of carbonyl (C=O) groups is 1. The summed E-state index contributed by atoms with van der Waals surface area (Å²) >= 11 is -2.44. The number of aryl methyl sites for hydroxylation is 1. The lowest BCUT2D eigenvalue weighted by Crippen LogP contribution is -2.27. The molecule has 4 rings (SSSR count). The van der Waals surface area contributed by atoms with Crippen LogP contribution in [-0.4, -0.2) is 50.8 Å². The van der Waals surface area contributed by atoms with E-state index in [2.05, 4.69) is 5.32 Å². The summed E-state index contributed by atoms with van der Waals surface area (Å²) in [6, 6.07) is 9.66. The molecule has 0 aliphatic heterocycles. The van der Waals surface area contributed by atoms with Gasteiger partial charge in [0.05, 0.1) is 23.2 Å². The van der Waals surface area contributed by atoms with Crippen LogP contribution in [0.3, 0.4) is 0 Å². The van der Waals surface area contributed by atoms with Crippen molar-refractivity contribution in [3.05, 3.63) is 52.7 Å². The maximum absolute atomic E-state index is 12.9. The van der Waals surface area contributed by atoms with E-state index in [-0.39, 0.29) is 18.4 Å². The number of benzene rings is 1. The van der Waals surface area contributed by atoms with Gasteiger partial charge in [0.25, 0.3) is 5.91 Å². The van der Waals surface area contributed by atoms with Crippen molar-refractivity contribution in [1.82, 2.24) is 14.6 Å². The number of hydrogen-bond donors (Lipinski definition) is 1. The number of carbonyl (C=O) groups excluding carboxylic acids is 1. The molecule has 9 nitrogen and oxygen atoms in total. The molecule has 1 aliphatic carbocycles. The monoisotopic (exact) mass is 531 g/mol. The van der Waals surface area contributed by atoms with Crippen molar-refractivity contribution >= 4 is 36.3 Å². The van der Waals surface area contributed by atoms with Gasteiger partial charge in [-0.2, -0.15) is 0 Å². The molecule has 3 aromatic rings. The van der Waals surface area contributed by atoms with Gasteiger partial charge in [-0.25, -0.2) is 9.29 Å². The predicted molar refractivity (Wildman–Crippen MR) is 138 cm³/mol. The molecule has 36 heavy (non-hydrogen) atoms. The Labute approximate surface area is 213 Å². The lowest BCUT2D eigenvalue weighted by molar-refractivity contribution is 0.0964. The highest BCUT2D eigenvalue weighted by Crippen LogP contribution is 2.44. The van der Waals surface area contributed by atoms with Crippen molar-refractivity contribution < 1.29 is 27.1 Å². The average Bonchev–Trinajstić information content (AvgIpc) is 3.62. The van der Waals surface area contributed by atoms with Gasteiger partial charge in [-0.3, -0.25) is 9.00 Å². The highest BCUT2D eigenvalue weighted by atomic mass is 32.2. The van der Waals surface area contributed by atoms with Gasteiger partial charge in [0.1, 0.15) is 12.4 Å². The van der Waals surface area contributed by atoms with Crippen molar-refractivity contribution in [2.24, 2.45) is 0 Å². The van der Waals surface area contributed by atoms with E-state index in [1.54, 1.807) is 7.05 Å². The summed E-state index contributed by atoms with van der Waals surface area (Å²) in [5.74, 6) is 0.455. The van der Waals surface area contributed by atoms with Crippen LogP contribution in [0.2, 0.25) is 0 Å². The minimum atomic E-state index is -2.44. The lowest BCUT2D eigenvalue weighted by Gasteiger charge is -2.24. The summed E-state index contributed by atoms with van der Waals surface area (Å²) in [7, 11) is -0.0879. The fourth-order valence-corrected chi connectivity index (χ4v) is 5.06. The number of unbranched alkanes of at least 4 members (excludes halogenated alkanes) is 1. The molecule has 1 N–H and O–H groups in total. The normalized spacial score (nSPS) is 14.9. The van der Waals surface area contributed by atoms with Gasteiger partial charge >= 0.3 is 8.03 Å². The van der Waals surface area contributed by atoms with Crippen LogP contribution in [-0.2, 0) is 26.9 Å². The Morgan fingerprint density at radius 2 is 2.03 bits per heavy atom. The predicted octanol–water partition coefficient (Wildman–Crippen LogP) is 4.81. The summed E-state index contributed by atoms with van der Waals surface area (Å²) in [4.78, 5) is 17.6.